The van der Waals surface area contributed by atoms with Crippen molar-refractivity contribution in [2.75, 3.05) is 18.2 Å². The molecule has 0 fully saturated rings. The molecule has 0 radical (unpaired) electrons. The summed E-state index contributed by atoms with van der Waals surface area (Å²) in [6.45, 7) is 0. The molecule has 1 N–H and O–H groups in total. The molecule has 4 aromatic rings. The van der Waals surface area contributed by atoms with E-state index >= 15 is 0 Å². The van der Waals surface area contributed by atoms with E-state index in [-0.39, 0.29) is 23.0 Å². The molecule has 0 saturated heterocycles. The van der Waals surface area contributed by atoms with Gasteiger partial charge in [0.25, 0.3) is 11.4 Å². The van der Waals surface area contributed by atoms with Crippen molar-refractivity contribution in [1.82, 2.24) is 9.55 Å². The fraction of sp³-hybridized carbons (Fsp3) is 0.0909. The van der Waals surface area contributed by atoms with E-state index in [0.29, 0.717) is 33.3 Å². The number of carbonyl (C=O) groups excluding carboxylic acids is 1. The summed E-state index contributed by atoms with van der Waals surface area (Å²) in [4.78, 5) is 38.0. The lowest BCUT2D eigenvalue weighted by atomic mass is 10.2. The standard InChI is InChI=1S/C22H17N5O6S/c1-33-20-5-3-2-4-19(20)25-18-11-10-16(27(31)32)12-17(18)24-22(25)34-13-21(28)23-14-6-8-15(9-7-14)26(29)30/h2-12H,13H2,1H3,(H,23,28). The molecule has 12 heteroatoms. The van der Waals surface area contributed by atoms with Crippen molar-refractivity contribution in [2.45, 2.75) is 5.16 Å². The monoisotopic (exact) mass is 479 g/mol. The minimum atomic E-state index is -0.520. The number of para-hydroxylation sites is 2. The lowest BCUT2D eigenvalue weighted by Gasteiger charge is -2.13. The molecule has 0 unspecified atom stereocenters. The third-order valence-corrected chi connectivity index (χ3v) is 5.78. The number of imidazole rings is 1. The van der Waals surface area contributed by atoms with Crippen molar-refractivity contribution < 1.29 is 19.4 Å². The van der Waals surface area contributed by atoms with Crippen LogP contribution >= 0.6 is 11.8 Å². The van der Waals surface area contributed by atoms with Gasteiger partial charge in [-0.25, -0.2) is 4.98 Å². The number of nitrogens with one attached hydrogen (secondary N) is 1. The Balaban J connectivity index is 1.63. The second-order valence-electron chi connectivity index (χ2n) is 6.97. The van der Waals surface area contributed by atoms with E-state index in [4.69, 9.17) is 4.74 Å². The maximum Gasteiger partial charge on any atom is 0.271 e. The van der Waals surface area contributed by atoms with Gasteiger partial charge in [-0.3, -0.25) is 29.6 Å². The molecule has 0 atom stereocenters. The van der Waals surface area contributed by atoms with E-state index in [1.54, 1.807) is 16.7 Å². The largest absolute Gasteiger partial charge is 0.495 e. The zero-order valence-corrected chi connectivity index (χ0v) is 18.5. The number of amides is 1. The number of thioether (sulfide) groups is 1. The van der Waals surface area contributed by atoms with Gasteiger partial charge in [0.1, 0.15) is 5.75 Å². The SMILES string of the molecule is COc1ccccc1-n1c(SCC(=O)Nc2ccc([N+](=O)[O-])cc2)nc2cc([N+](=O)[O-])ccc21. The molecular formula is C22H17N5O6S. The van der Waals surface area contributed by atoms with Crippen LogP contribution in [-0.4, -0.2) is 38.2 Å². The number of anilines is 1. The number of aromatic nitrogens is 2. The third-order valence-electron chi connectivity index (χ3n) is 4.84. The van der Waals surface area contributed by atoms with Gasteiger partial charge >= 0.3 is 0 Å². The summed E-state index contributed by atoms with van der Waals surface area (Å²) >= 11 is 1.14. The van der Waals surface area contributed by atoms with Crippen LogP contribution in [0.25, 0.3) is 16.7 Å². The van der Waals surface area contributed by atoms with E-state index in [1.165, 1.54) is 43.5 Å². The molecule has 34 heavy (non-hydrogen) atoms. The average Bonchev–Trinajstić information content (AvgIpc) is 3.20. The van der Waals surface area contributed by atoms with Crippen molar-refractivity contribution in [1.29, 1.82) is 0 Å². The first kappa shape index (κ1) is 22.7. The van der Waals surface area contributed by atoms with E-state index in [0.717, 1.165) is 11.8 Å². The Morgan fingerprint density at radius 1 is 1.03 bits per heavy atom. The minimum absolute atomic E-state index is 0.0163. The predicted molar refractivity (Wildman–Crippen MR) is 127 cm³/mol. The van der Waals surface area contributed by atoms with Crippen LogP contribution in [0.3, 0.4) is 0 Å². The van der Waals surface area contributed by atoms with Crippen LogP contribution in [0.15, 0.2) is 71.9 Å². The zero-order valence-electron chi connectivity index (χ0n) is 17.7. The Morgan fingerprint density at radius 2 is 1.71 bits per heavy atom. The summed E-state index contributed by atoms with van der Waals surface area (Å²) in [6, 6.07) is 17.1. The second-order valence-corrected chi connectivity index (χ2v) is 7.92. The highest BCUT2D eigenvalue weighted by Crippen LogP contribution is 2.33. The number of hydrogen-bond acceptors (Lipinski definition) is 8. The molecule has 1 heterocycles. The van der Waals surface area contributed by atoms with Crippen molar-refractivity contribution in [2.24, 2.45) is 0 Å². The van der Waals surface area contributed by atoms with Gasteiger partial charge in [-0.05, 0) is 30.3 Å². The lowest BCUT2D eigenvalue weighted by Crippen LogP contribution is -2.14. The topological polar surface area (TPSA) is 142 Å². The number of fused-ring (bicyclic) bond motifs is 1. The maximum absolute atomic E-state index is 12.5. The fourth-order valence-corrected chi connectivity index (χ4v) is 4.12. The van der Waals surface area contributed by atoms with Gasteiger partial charge in [0.2, 0.25) is 5.91 Å². The highest BCUT2D eigenvalue weighted by atomic mass is 32.2. The average molecular weight is 479 g/mol. The second kappa shape index (κ2) is 9.58. The molecule has 0 aliphatic carbocycles. The number of hydrogen-bond donors (Lipinski definition) is 1. The number of ether oxygens (including phenoxy) is 1. The smallest absolute Gasteiger partial charge is 0.271 e. The Bertz CT molecular complexity index is 1400. The van der Waals surface area contributed by atoms with Crippen LogP contribution in [0, 0.1) is 20.2 Å². The Hall–Kier alpha value is -4.45. The predicted octanol–water partition coefficient (Wildman–Crippen LogP) is 4.58. The highest BCUT2D eigenvalue weighted by molar-refractivity contribution is 7.99. The highest BCUT2D eigenvalue weighted by Gasteiger charge is 2.19. The number of methoxy groups -OCH3 is 1. The van der Waals surface area contributed by atoms with Crippen LogP contribution in [0.2, 0.25) is 0 Å². The van der Waals surface area contributed by atoms with E-state index in [1.807, 2.05) is 18.2 Å². The molecule has 0 bridgehead atoms. The van der Waals surface area contributed by atoms with Crippen molar-refractivity contribution >= 4 is 45.8 Å². The van der Waals surface area contributed by atoms with Crippen molar-refractivity contribution in [3.05, 3.63) is 87.0 Å². The number of benzene rings is 3. The molecule has 0 saturated carbocycles. The van der Waals surface area contributed by atoms with Crippen LogP contribution in [-0.2, 0) is 4.79 Å². The molecule has 0 aliphatic heterocycles. The molecule has 11 nitrogen and oxygen atoms in total. The molecule has 1 amide bonds. The van der Waals surface area contributed by atoms with Crippen molar-refractivity contribution in [3.8, 4) is 11.4 Å². The number of nitro groups is 2. The van der Waals surface area contributed by atoms with Gasteiger partial charge in [0.05, 0.1) is 39.4 Å². The molecule has 0 spiro atoms. The fourth-order valence-electron chi connectivity index (χ4n) is 3.30. The van der Waals surface area contributed by atoms with Crippen LogP contribution in [0.4, 0.5) is 17.1 Å². The maximum atomic E-state index is 12.5. The molecule has 0 aliphatic rings. The zero-order chi connectivity index (χ0) is 24.2. The van der Waals surface area contributed by atoms with E-state index in [9.17, 15) is 25.0 Å². The third kappa shape index (κ3) is 4.66. The molecule has 3 aromatic carbocycles. The van der Waals surface area contributed by atoms with Gasteiger partial charge in [-0.15, -0.1) is 0 Å². The Kier molecular flexibility index (Phi) is 6.41. The van der Waals surface area contributed by atoms with Gasteiger partial charge in [-0.2, -0.15) is 0 Å². The normalized spacial score (nSPS) is 10.7. The van der Waals surface area contributed by atoms with E-state index in [2.05, 4.69) is 10.3 Å². The van der Waals surface area contributed by atoms with Gasteiger partial charge in [-0.1, -0.05) is 23.9 Å². The van der Waals surface area contributed by atoms with Crippen molar-refractivity contribution in [3.63, 3.8) is 0 Å². The lowest BCUT2D eigenvalue weighted by molar-refractivity contribution is -0.385. The van der Waals surface area contributed by atoms with E-state index < -0.39 is 9.85 Å². The summed E-state index contributed by atoms with van der Waals surface area (Å²) < 4.78 is 7.25. The van der Waals surface area contributed by atoms with Crippen LogP contribution < -0.4 is 10.1 Å². The van der Waals surface area contributed by atoms with Crippen LogP contribution in [0.5, 0.6) is 5.75 Å². The van der Waals surface area contributed by atoms with Gasteiger partial charge in [0.15, 0.2) is 5.16 Å². The molecule has 1 aromatic heterocycles. The number of nitrogens with zero attached hydrogens (tertiary/aromatic N) is 4. The number of carbonyl (C=O) groups is 1. The first-order valence-electron chi connectivity index (χ1n) is 9.85. The summed E-state index contributed by atoms with van der Waals surface area (Å²) in [5.41, 5.74) is 1.94. The Morgan fingerprint density at radius 3 is 2.38 bits per heavy atom. The minimum Gasteiger partial charge on any atom is -0.495 e. The summed E-state index contributed by atoms with van der Waals surface area (Å²) in [7, 11) is 1.53. The van der Waals surface area contributed by atoms with Gasteiger partial charge < -0.3 is 10.1 Å². The summed E-state index contributed by atoms with van der Waals surface area (Å²) in [5.74, 6) is 0.207. The summed E-state index contributed by atoms with van der Waals surface area (Å²) in [6.07, 6.45) is 0. The van der Waals surface area contributed by atoms with Gasteiger partial charge in [0, 0.05) is 30.0 Å². The summed E-state index contributed by atoms with van der Waals surface area (Å²) in [5, 5.41) is 25.1. The number of nitro benzene ring substituents is 2. The first-order chi connectivity index (χ1) is 16.4. The molecule has 4 rings (SSSR count). The molecular weight excluding hydrogens is 462 g/mol. The first-order valence-corrected chi connectivity index (χ1v) is 10.8. The number of non-ortho nitro benzene ring substituents is 2. The Labute approximate surface area is 196 Å². The molecule has 172 valence electrons. The number of rotatable bonds is 8. The quantitative estimate of drug-likeness (QED) is 0.220. The van der Waals surface area contributed by atoms with Crippen LogP contribution in [0.1, 0.15) is 0 Å².